The van der Waals surface area contributed by atoms with Gasteiger partial charge in [0.25, 0.3) is 0 Å². The van der Waals surface area contributed by atoms with Crippen molar-refractivity contribution in [3.8, 4) is 17.6 Å². The third-order valence-corrected chi connectivity index (χ3v) is 4.04. The van der Waals surface area contributed by atoms with Gasteiger partial charge in [-0.1, -0.05) is 24.3 Å². The molecule has 28 heavy (non-hydrogen) atoms. The zero-order valence-electron chi connectivity index (χ0n) is 14.8. The second-order valence-electron chi connectivity index (χ2n) is 6.01. The van der Waals surface area contributed by atoms with Gasteiger partial charge in [-0.2, -0.15) is 5.26 Å². The summed E-state index contributed by atoms with van der Waals surface area (Å²) in [4.78, 5) is 0. The molecule has 5 nitrogen and oxygen atoms in total. The standard InChI is InChI=1S/C22H17N3O2S/c23-14-16-5-9-19(10-6-16)25-22(28)24-18-7-3-15(4-8-18)1-2-17-11-20(26)13-21(27)12-17/h1-13,26-27H,(H2,24,25,28)/b2-1+. The van der Waals surface area contributed by atoms with Crippen molar-refractivity contribution in [2.45, 2.75) is 0 Å². The molecule has 0 atom stereocenters. The van der Waals surface area contributed by atoms with Crippen LogP contribution in [0.25, 0.3) is 12.2 Å². The van der Waals surface area contributed by atoms with Gasteiger partial charge in [0.15, 0.2) is 5.11 Å². The molecule has 0 aliphatic rings. The van der Waals surface area contributed by atoms with Crippen LogP contribution in [0.4, 0.5) is 11.4 Å². The Morgan fingerprint density at radius 2 is 1.29 bits per heavy atom. The molecular formula is C22H17N3O2S. The summed E-state index contributed by atoms with van der Waals surface area (Å²) in [5.41, 5.74) is 3.88. The number of thiocarbonyl (C=S) groups is 1. The van der Waals surface area contributed by atoms with E-state index in [1.165, 1.54) is 6.07 Å². The fourth-order valence-corrected chi connectivity index (χ4v) is 2.74. The lowest BCUT2D eigenvalue weighted by Crippen LogP contribution is -2.18. The number of hydrogen-bond donors (Lipinski definition) is 4. The second kappa shape index (κ2) is 8.71. The number of phenols is 2. The molecular weight excluding hydrogens is 370 g/mol. The van der Waals surface area contributed by atoms with Crippen molar-refractivity contribution in [3.63, 3.8) is 0 Å². The smallest absolute Gasteiger partial charge is 0.175 e. The first kappa shape index (κ1) is 19.0. The highest BCUT2D eigenvalue weighted by atomic mass is 32.1. The van der Waals surface area contributed by atoms with Crippen LogP contribution in [0, 0.1) is 11.3 Å². The Bertz CT molecular complexity index is 1030. The van der Waals surface area contributed by atoms with Crippen molar-refractivity contribution in [1.82, 2.24) is 0 Å². The summed E-state index contributed by atoms with van der Waals surface area (Å²) in [7, 11) is 0. The predicted molar refractivity (Wildman–Crippen MR) is 116 cm³/mol. The molecule has 0 unspecified atom stereocenters. The minimum absolute atomic E-state index is 0.0162. The van der Waals surface area contributed by atoms with Gasteiger partial charge in [0.05, 0.1) is 11.6 Å². The lowest BCUT2D eigenvalue weighted by atomic mass is 10.1. The number of nitrogens with one attached hydrogen (secondary N) is 2. The normalized spacial score (nSPS) is 10.4. The number of benzene rings is 3. The minimum atomic E-state index is 0.0162. The van der Waals surface area contributed by atoms with Gasteiger partial charge in [-0.15, -0.1) is 0 Å². The van der Waals surface area contributed by atoms with Crippen molar-refractivity contribution in [1.29, 1.82) is 5.26 Å². The highest BCUT2D eigenvalue weighted by molar-refractivity contribution is 7.80. The van der Waals surface area contributed by atoms with E-state index in [0.29, 0.717) is 16.2 Å². The molecule has 0 bridgehead atoms. The molecule has 0 spiro atoms. The third-order valence-electron chi connectivity index (χ3n) is 3.83. The van der Waals surface area contributed by atoms with Gasteiger partial charge < -0.3 is 20.8 Å². The zero-order chi connectivity index (χ0) is 19.9. The lowest BCUT2D eigenvalue weighted by Gasteiger charge is -2.10. The maximum absolute atomic E-state index is 9.51. The topological polar surface area (TPSA) is 88.3 Å². The van der Waals surface area contributed by atoms with Crippen molar-refractivity contribution >= 4 is 40.9 Å². The predicted octanol–water partition coefficient (Wildman–Crippen LogP) is 4.95. The molecule has 6 heteroatoms. The first-order chi connectivity index (χ1) is 13.5. The summed E-state index contributed by atoms with van der Waals surface area (Å²) in [6.45, 7) is 0. The summed E-state index contributed by atoms with van der Waals surface area (Å²) in [5.74, 6) is 0.0324. The Balaban J connectivity index is 1.59. The van der Waals surface area contributed by atoms with Gasteiger partial charge in [0.2, 0.25) is 0 Å². The second-order valence-corrected chi connectivity index (χ2v) is 6.41. The number of nitrogens with zero attached hydrogens (tertiary/aromatic N) is 1. The quantitative estimate of drug-likeness (QED) is 0.374. The van der Waals surface area contributed by atoms with E-state index in [1.54, 1.807) is 42.5 Å². The SMILES string of the molecule is N#Cc1ccc(NC(=S)Nc2ccc(/C=C/c3cc(O)cc(O)c3)cc2)cc1. The maximum Gasteiger partial charge on any atom is 0.175 e. The fraction of sp³-hybridized carbons (Fsp3) is 0. The average molecular weight is 387 g/mol. The van der Waals surface area contributed by atoms with Gasteiger partial charge in [-0.05, 0) is 71.9 Å². The summed E-state index contributed by atoms with van der Waals surface area (Å²) in [5, 5.41) is 34.4. The highest BCUT2D eigenvalue weighted by Gasteiger charge is 2.00. The minimum Gasteiger partial charge on any atom is -0.508 e. The van der Waals surface area contributed by atoms with E-state index in [9.17, 15) is 10.2 Å². The molecule has 0 amide bonds. The molecule has 0 heterocycles. The van der Waals surface area contributed by atoms with Crippen LogP contribution < -0.4 is 10.6 Å². The Kier molecular flexibility index (Phi) is 5.90. The molecule has 3 rings (SSSR count). The fourth-order valence-electron chi connectivity index (χ4n) is 2.51. The van der Waals surface area contributed by atoms with E-state index in [2.05, 4.69) is 16.7 Å². The molecule has 0 fully saturated rings. The van der Waals surface area contributed by atoms with Crippen molar-refractivity contribution in [3.05, 3.63) is 83.4 Å². The summed E-state index contributed by atoms with van der Waals surface area (Å²) in [6, 6.07) is 21.2. The molecule has 138 valence electrons. The van der Waals surface area contributed by atoms with Crippen LogP contribution in [0.1, 0.15) is 16.7 Å². The summed E-state index contributed by atoms with van der Waals surface area (Å²) in [6.07, 6.45) is 3.68. The molecule has 0 aliphatic carbocycles. The number of aromatic hydroxyl groups is 2. The Morgan fingerprint density at radius 1 is 0.786 bits per heavy atom. The Morgan fingerprint density at radius 3 is 1.82 bits per heavy atom. The largest absolute Gasteiger partial charge is 0.508 e. The number of nitriles is 1. The Hall–Kier alpha value is -3.82. The number of rotatable bonds is 4. The lowest BCUT2D eigenvalue weighted by molar-refractivity contribution is 0.450. The third kappa shape index (κ3) is 5.34. The van der Waals surface area contributed by atoms with Crippen molar-refractivity contribution in [2.75, 3.05) is 10.6 Å². The molecule has 0 aliphatic heterocycles. The molecule has 3 aromatic rings. The van der Waals surface area contributed by atoms with Crippen LogP contribution in [-0.2, 0) is 0 Å². The van der Waals surface area contributed by atoms with Crippen LogP contribution in [0.5, 0.6) is 11.5 Å². The van der Waals surface area contributed by atoms with E-state index < -0.39 is 0 Å². The molecule has 0 radical (unpaired) electrons. The molecule has 0 saturated heterocycles. The molecule has 3 aromatic carbocycles. The molecule has 0 aromatic heterocycles. The van der Waals surface area contributed by atoms with E-state index in [1.807, 2.05) is 30.3 Å². The maximum atomic E-state index is 9.51. The van der Waals surface area contributed by atoms with Gasteiger partial charge in [0.1, 0.15) is 11.5 Å². The van der Waals surface area contributed by atoms with Crippen LogP contribution in [-0.4, -0.2) is 15.3 Å². The van der Waals surface area contributed by atoms with E-state index in [4.69, 9.17) is 17.5 Å². The highest BCUT2D eigenvalue weighted by Crippen LogP contribution is 2.22. The van der Waals surface area contributed by atoms with Crippen LogP contribution in [0.3, 0.4) is 0 Å². The van der Waals surface area contributed by atoms with Crippen LogP contribution in [0.2, 0.25) is 0 Å². The van der Waals surface area contributed by atoms with Crippen molar-refractivity contribution < 1.29 is 10.2 Å². The van der Waals surface area contributed by atoms with Gasteiger partial charge in [-0.25, -0.2) is 0 Å². The Labute approximate surface area is 168 Å². The van der Waals surface area contributed by atoms with Gasteiger partial charge in [-0.3, -0.25) is 0 Å². The average Bonchev–Trinajstić information content (AvgIpc) is 2.67. The van der Waals surface area contributed by atoms with Crippen molar-refractivity contribution in [2.24, 2.45) is 0 Å². The monoisotopic (exact) mass is 387 g/mol. The van der Waals surface area contributed by atoms with E-state index in [0.717, 1.165) is 16.9 Å². The number of hydrogen-bond acceptors (Lipinski definition) is 4. The summed E-state index contributed by atoms with van der Waals surface area (Å²) < 4.78 is 0. The van der Waals surface area contributed by atoms with Crippen LogP contribution >= 0.6 is 12.2 Å². The van der Waals surface area contributed by atoms with E-state index in [-0.39, 0.29) is 11.5 Å². The van der Waals surface area contributed by atoms with E-state index >= 15 is 0 Å². The summed E-state index contributed by atoms with van der Waals surface area (Å²) >= 11 is 5.30. The molecule has 4 N–H and O–H groups in total. The number of phenolic OH excluding ortho intramolecular Hbond substituents is 2. The first-order valence-corrected chi connectivity index (χ1v) is 8.82. The first-order valence-electron chi connectivity index (χ1n) is 8.41. The van der Waals surface area contributed by atoms with Crippen LogP contribution in [0.15, 0.2) is 66.7 Å². The molecule has 0 saturated carbocycles. The van der Waals surface area contributed by atoms with Gasteiger partial charge >= 0.3 is 0 Å². The number of anilines is 2. The zero-order valence-corrected chi connectivity index (χ0v) is 15.6. The van der Waals surface area contributed by atoms with Gasteiger partial charge in [0, 0.05) is 17.4 Å².